The fourth-order valence-corrected chi connectivity index (χ4v) is 1.75. The van der Waals surface area contributed by atoms with Gasteiger partial charge in [-0.15, -0.1) is 6.58 Å². The molecule has 0 saturated heterocycles. The van der Waals surface area contributed by atoms with Crippen LogP contribution in [0.1, 0.15) is 22.3 Å². The van der Waals surface area contributed by atoms with Crippen molar-refractivity contribution >= 4 is 23.1 Å². The second-order valence-corrected chi connectivity index (χ2v) is 4.60. The number of benzene rings is 1. The van der Waals surface area contributed by atoms with E-state index in [4.69, 9.17) is 18.0 Å². The van der Waals surface area contributed by atoms with Gasteiger partial charge in [-0.05, 0) is 18.6 Å². The molecule has 0 aliphatic heterocycles. The highest BCUT2D eigenvalue weighted by molar-refractivity contribution is 7.80. The standard InChI is InChI=1S/C14H18N2OS/c1-3-9-16(10-8-13(15)18)14(17)12-7-5-4-6-11(12)2/h3-7H,1,8-10H2,2H3,(H2,15,18). The molecule has 2 N–H and O–H groups in total. The van der Waals surface area contributed by atoms with Gasteiger partial charge in [-0.1, -0.05) is 36.5 Å². The van der Waals surface area contributed by atoms with E-state index in [2.05, 4.69) is 6.58 Å². The second kappa shape index (κ2) is 6.91. The summed E-state index contributed by atoms with van der Waals surface area (Å²) in [7, 11) is 0. The lowest BCUT2D eigenvalue weighted by molar-refractivity contribution is 0.0777. The number of rotatable bonds is 6. The molecule has 0 radical (unpaired) electrons. The molecule has 4 heteroatoms. The Balaban J connectivity index is 2.85. The van der Waals surface area contributed by atoms with Crippen LogP contribution in [0.5, 0.6) is 0 Å². The number of thiocarbonyl (C=S) groups is 1. The van der Waals surface area contributed by atoms with E-state index in [9.17, 15) is 4.79 Å². The number of carbonyl (C=O) groups excluding carboxylic acids is 1. The molecule has 0 heterocycles. The maximum atomic E-state index is 12.4. The van der Waals surface area contributed by atoms with Crippen LogP contribution in [0.15, 0.2) is 36.9 Å². The zero-order chi connectivity index (χ0) is 13.5. The van der Waals surface area contributed by atoms with Gasteiger partial charge in [0.1, 0.15) is 0 Å². The van der Waals surface area contributed by atoms with Gasteiger partial charge in [0.2, 0.25) is 0 Å². The minimum Gasteiger partial charge on any atom is -0.393 e. The summed E-state index contributed by atoms with van der Waals surface area (Å²) >= 11 is 4.84. The molecule has 0 saturated carbocycles. The Morgan fingerprint density at radius 3 is 2.72 bits per heavy atom. The number of carbonyl (C=O) groups is 1. The van der Waals surface area contributed by atoms with E-state index in [1.165, 1.54) is 0 Å². The van der Waals surface area contributed by atoms with E-state index in [-0.39, 0.29) is 5.91 Å². The van der Waals surface area contributed by atoms with Crippen LogP contribution in [0.2, 0.25) is 0 Å². The normalized spacial score (nSPS) is 9.83. The van der Waals surface area contributed by atoms with E-state index < -0.39 is 0 Å². The van der Waals surface area contributed by atoms with Crippen molar-refractivity contribution in [3.63, 3.8) is 0 Å². The summed E-state index contributed by atoms with van der Waals surface area (Å²) < 4.78 is 0. The van der Waals surface area contributed by atoms with Crippen LogP contribution in [-0.4, -0.2) is 28.9 Å². The van der Waals surface area contributed by atoms with Gasteiger partial charge in [0, 0.05) is 25.1 Å². The van der Waals surface area contributed by atoms with Crippen molar-refractivity contribution in [1.29, 1.82) is 0 Å². The number of nitrogens with two attached hydrogens (primary N) is 1. The third-order valence-corrected chi connectivity index (χ3v) is 2.84. The zero-order valence-electron chi connectivity index (χ0n) is 10.6. The van der Waals surface area contributed by atoms with Crippen molar-refractivity contribution < 1.29 is 4.79 Å². The highest BCUT2D eigenvalue weighted by atomic mass is 32.1. The molecular weight excluding hydrogens is 244 g/mol. The van der Waals surface area contributed by atoms with Crippen molar-refractivity contribution in [2.24, 2.45) is 5.73 Å². The summed E-state index contributed by atoms with van der Waals surface area (Å²) in [4.78, 5) is 14.5. The highest BCUT2D eigenvalue weighted by Crippen LogP contribution is 2.11. The molecule has 0 aromatic heterocycles. The summed E-state index contributed by atoms with van der Waals surface area (Å²) in [6.07, 6.45) is 2.23. The second-order valence-electron chi connectivity index (χ2n) is 4.07. The van der Waals surface area contributed by atoms with E-state index in [1.54, 1.807) is 11.0 Å². The first-order chi connectivity index (χ1) is 8.56. The molecule has 0 aliphatic rings. The maximum Gasteiger partial charge on any atom is 0.254 e. The van der Waals surface area contributed by atoms with E-state index in [0.717, 1.165) is 5.56 Å². The zero-order valence-corrected chi connectivity index (χ0v) is 11.4. The Morgan fingerprint density at radius 1 is 1.50 bits per heavy atom. The van der Waals surface area contributed by atoms with Gasteiger partial charge < -0.3 is 10.6 Å². The van der Waals surface area contributed by atoms with Crippen LogP contribution in [0.3, 0.4) is 0 Å². The molecule has 0 aliphatic carbocycles. The monoisotopic (exact) mass is 262 g/mol. The lowest BCUT2D eigenvalue weighted by Gasteiger charge is -2.21. The molecular formula is C14H18N2OS. The first-order valence-electron chi connectivity index (χ1n) is 5.80. The molecule has 1 aromatic rings. The Hall–Kier alpha value is -1.68. The minimum absolute atomic E-state index is 0.00995. The molecule has 18 heavy (non-hydrogen) atoms. The lowest BCUT2D eigenvalue weighted by atomic mass is 10.1. The van der Waals surface area contributed by atoms with Crippen LogP contribution in [0.4, 0.5) is 0 Å². The van der Waals surface area contributed by atoms with Crippen LogP contribution in [-0.2, 0) is 0 Å². The Labute approximate surface area is 113 Å². The summed E-state index contributed by atoms with van der Waals surface area (Å²) in [5.41, 5.74) is 7.15. The van der Waals surface area contributed by atoms with E-state index in [1.807, 2.05) is 31.2 Å². The number of hydrogen-bond donors (Lipinski definition) is 1. The average molecular weight is 262 g/mol. The fraction of sp³-hybridized carbons (Fsp3) is 0.286. The van der Waals surface area contributed by atoms with E-state index in [0.29, 0.717) is 30.1 Å². The average Bonchev–Trinajstić information content (AvgIpc) is 2.34. The van der Waals surface area contributed by atoms with Crippen molar-refractivity contribution in [3.05, 3.63) is 48.0 Å². The van der Waals surface area contributed by atoms with Crippen LogP contribution < -0.4 is 5.73 Å². The summed E-state index contributed by atoms with van der Waals surface area (Å²) in [6.45, 7) is 6.61. The predicted molar refractivity (Wildman–Crippen MR) is 78.7 cm³/mol. The highest BCUT2D eigenvalue weighted by Gasteiger charge is 2.15. The topological polar surface area (TPSA) is 46.3 Å². The number of aryl methyl sites for hydroxylation is 1. The first-order valence-corrected chi connectivity index (χ1v) is 6.21. The fourth-order valence-electron chi connectivity index (χ4n) is 1.66. The number of amides is 1. The largest absolute Gasteiger partial charge is 0.393 e. The van der Waals surface area contributed by atoms with Crippen molar-refractivity contribution in [3.8, 4) is 0 Å². The van der Waals surface area contributed by atoms with Crippen molar-refractivity contribution in [2.45, 2.75) is 13.3 Å². The van der Waals surface area contributed by atoms with Crippen LogP contribution in [0, 0.1) is 6.92 Å². The molecule has 1 amide bonds. The smallest absolute Gasteiger partial charge is 0.254 e. The third kappa shape index (κ3) is 3.96. The molecule has 0 fully saturated rings. The van der Waals surface area contributed by atoms with Gasteiger partial charge in [0.15, 0.2) is 0 Å². The SMILES string of the molecule is C=CCN(CCC(N)=S)C(=O)c1ccccc1C. The van der Waals surface area contributed by atoms with Crippen LogP contribution >= 0.6 is 12.2 Å². The van der Waals surface area contributed by atoms with Crippen LogP contribution in [0.25, 0.3) is 0 Å². The number of hydrogen-bond acceptors (Lipinski definition) is 2. The van der Waals surface area contributed by atoms with Gasteiger partial charge in [-0.25, -0.2) is 0 Å². The summed E-state index contributed by atoms with van der Waals surface area (Å²) in [5.74, 6) is -0.00995. The first kappa shape index (κ1) is 14.4. The Bertz CT molecular complexity index is 457. The minimum atomic E-state index is -0.00995. The molecule has 0 unspecified atom stereocenters. The molecule has 0 atom stereocenters. The maximum absolute atomic E-state index is 12.4. The lowest BCUT2D eigenvalue weighted by Crippen LogP contribution is -2.34. The molecule has 0 bridgehead atoms. The Kier molecular flexibility index (Phi) is 5.52. The number of nitrogens with zero attached hydrogens (tertiary/aromatic N) is 1. The predicted octanol–water partition coefficient (Wildman–Crippen LogP) is 2.30. The molecule has 3 nitrogen and oxygen atoms in total. The van der Waals surface area contributed by atoms with Crippen molar-refractivity contribution in [2.75, 3.05) is 13.1 Å². The van der Waals surface area contributed by atoms with E-state index >= 15 is 0 Å². The molecule has 96 valence electrons. The van der Waals surface area contributed by atoms with Crippen molar-refractivity contribution in [1.82, 2.24) is 4.90 Å². The molecule has 1 rings (SSSR count). The summed E-state index contributed by atoms with van der Waals surface area (Å²) in [6, 6.07) is 7.53. The van der Waals surface area contributed by atoms with Gasteiger partial charge in [0.25, 0.3) is 5.91 Å². The van der Waals surface area contributed by atoms with Gasteiger partial charge in [-0.2, -0.15) is 0 Å². The molecule has 0 spiro atoms. The van der Waals surface area contributed by atoms with Gasteiger partial charge >= 0.3 is 0 Å². The molecule has 1 aromatic carbocycles. The third-order valence-electron chi connectivity index (χ3n) is 2.64. The summed E-state index contributed by atoms with van der Waals surface area (Å²) in [5, 5.41) is 0. The quantitative estimate of drug-likeness (QED) is 0.632. The Morgan fingerprint density at radius 2 is 2.17 bits per heavy atom. The van der Waals surface area contributed by atoms with Gasteiger partial charge in [-0.3, -0.25) is 4.79 Å². The van der Waals surface area contributed by atoms with Gasteiger partial charge in [0.05, 0.1) is 4.99 Å².